The molecule has 2 aromatic heterocycles. The second-order valence-corrected chi connectivity index (χ2v) is 7.86. The van der Waals surface area contributed by atoms with E-state index in [4.69, 9.17) is 11.6 Å². The molecule has 0 saturated carbocycles. The fourth-order valence-electron chi connectivity index (χ4n) is 2.65. The number of aromatic nitrogens is 2. The van der Waals surface area contributed by atoms with Crippen molar-refractivity contribution in [3.05, 3.63) is 50.8 Å². The second-order valence-electron chi connectivity index (χ2n) is 5.60. The van der Waals surface area contributed by atoms with E-state index in [1.54, 1.807) is 11.8 Å². The molecule has 9 heteroatoms. The number of H-pyrrole nitrogens is 1. The molecule has 3 aromatic rings. The summed E-state index contributed by atoms with van der Waals surface area (Å²) in [6, 6.07) is 7.48. The van der Waals surface area contributed by atoms with Gasteiger partial charge in [0, 0.05) is 29.1 Å². The summed E-state index contributed by atoms with van der Waals surface area (Å²) in [6.07, 6.45) is 1.06. The molecule has 0 amide bonds. The van der Waals surface area contributed by atoms with Gasteiger partial charge in [0.15, 0.2) is 5.17 Å². The summed E-state index contributed by atoms with van der Waals surface area (Å²) < 4.78 is 0. The normalized spacial score (nSPS) is 13.8. The summed E-state index contributed by atoms with van der Waals surface area (Å²) in [7, 11) is 0. The van der Waals surface area contributed by atoms with E-state index < -0.39 is 0 Å². The van der Waals surface area contributed by atoms with Crippen LogP contribution in [-0.2, 0) is 5.75 Å². The third-order valence-corrected chi connectivity index (χ3v) is 5.95. The highest BCUT2D eigenvalue weighted by Gasteiger charge is 2.14. The molecule has 1 aliphatic rings. The standard InChI is InChI=1S/C17H15ClN4OS2.ClH/c18-11-4-2-10(3-5-11)12-8-24-16-14(12)15(23)21-13(22-16)9-25-17-19-6-1-7-20-17;/h2-5,8H,1,6-7,9H2,(H,19,20)(H,21,22,23);1H. The average molecular weight is 427 g/mol. The molecule has 26 heavy (non-hydrogen) atoms. The maximum absolute atomic E-state index is 12.6. The van der Waals surface area contributed by atoms with Crippen molar-refractivity contribution in [2.75, 3.05) is 13.1 Å². The van der Waals surface area contributed by atoms with Crippen LogP contribution in [0.15, 0.2) is 39.4 Å². The van der Waals surface area contributed by atoms with Crippen LogP contribution in [0.5, 0.6) is 0 Å². The van der Waals surface area contributed by atoms with Crippen molar-refractivity contribution < 1.29 is 0 Å². The number of benzene rings is 1. The molecule has 0 radical (unpaired) electrons. The van der Waals surface area contributed by atoms with E-state index in [9.17, 15) is 4.79 Å². The number of hydrogen-bond acceptors (Lipinski definition) is 6. The first-order valence-electron chi connectivity index (χ1n) is 7.88. The van der Waals surface area contributed by atoms with E-state index in [0.29, 0.717) is 22.0 Å². The number of fused-ring (bicyclic) bond motifs is 1. The molecule has 0 saturated heterocycles. The van der Waals surface area contributed by atoms with Crippen LogP contribution >= 0.6 is 47.1 Å². The Hall–Kier alpha value is -1.54. The van der Waals surface area contributed by atoms with Gasteiger partial charge in [0.2, 0.25) is 0 Å². The summed E-state index contributed by atoms with van der Waals surface area (Å²) in [4.78, 5) is 25.3. The third-order valence-electron chi connectivity index (χ3n) is 3.86. The monoisotopic (exact) mass is 426 g/mol. The number of aromatic amines is 1. The molecular weight excluding hydrogens is 411 g/mol. The quantitative estimate of drug-likeness (QED) is 0.654. The molecule has 136 valence electrons. The summed E-state index contributed by atoms with van der Waals surface area (Å²) in [5.74, 6) is 1.26. The fourth-order valence-corrected chi connectivity index (χ4v) is 4.54. The topological polar surface area (TPSA) is 70.1 Å². The van der Waals surface area contributed by atoms with Crippen LogP contribution in [-0.4, -0.2) is 28.2 Å². The number of nitrogens with one attached hydrogen (secondary N) is 2. The summed E-state index contributed by atoms with van der Waals surface area (Å²) in [6.45, 7) is 1.80. The molecule has 1 aliphatic heterocycles. The summed E-state index contributed by atoms with van der Waals surface area (Å²) in [5, 5.41) is 7.46. The Kier molecular flexibility index (Phi) is 6.24. The van der Waals surface area contributed by atoms with Gasteiger partial charge in [0.1, 0.15) is 10.7 Å². The minimum absolute atomic E-state index is 0. The zero-order valence-electron chi connectivity index (χ0n) is 13.6. The third kappa shape index (κ3) is 4.06. The lowest BCUT2D eigenvalue weighted by Crippen LogP contribution is -2.27. The highest BCUT2D eigenvalue weighted by Crippen LogP contribution is 2.31. The molecule has 0 unspecified atom stereocenters. The number of aliphatic imine (C=N–C) groups is 1. The summed E-state index contributed by atoms with van der Waals surface area (Å²) >= 11 is 9.00. The van der Waals surface area contributed by atoms with Crippen molar-refractivity contribution in [3.8, 4) is 11.1 Å². The average Bonchev–Trinajstić information content (AvgIpc) is 3.06. The lowest BCUT2D eigenvalue weighted by Gasteiger charge is -2.13. The predicted octanol–water partition coefficient (Wildman–Crippen LogP) is 4.31. The molecular formula is C17H16Cl2N4OS2. The van der Waals surface area contributed by atoms with Gasteiger partial charge in [-0.3, -0.25) is 9.79 Å². The number of halogens is 2. The lowest BCUT2D eigenvalue weighted by atomic mass is 10.1. The van der Waals surface area contributed by atoms with Crippen LogP contribution in [0.3, 0.4) is 0 Å². The van der Waals surface area contributed by atoms with Crippen LogP contribution in [0.2, 0.25) is 5.02 Å². The van der Waals surface area contributed by atoms with Crippen LogP contribution in [0.25, 0.3) is 21.3 Å². The summed E-state index contributed by atoms with van der Waals surface area (Å²) in [5.41, 5.74) is 1.75. The minimum atomic E-state index is -0.106. The van der Waals surface area contributed by atoms with Gasteiger partial charge in [-0.25, -0.2) is 4.98 Å². The predicted molar refractivity (Wildman–Crippen MR) is 114 cm³/mol. The van der Waals surface area contributed by atoms with Crippen molar-refractivity contribution in [2.45, 2.75) is 12.2 Å². The molecule has 0 atom stereocenters. The molecule has 0 bridgehead atoms. The maximum Gasteiger partial charge on any atom is 0.260 e. The van der Waals surface area contributed by atoms with Crippen LogP contribution in [0.1, 0.15) is 12.2 Å². The van der Waals surface area contributed by atoms with Gasteiger partial charge in [0.05, 0.1) is 11.1 Å². The molecule has 2 N–H and O–H groups in total. The van der Waals surface area contributed by atoms with Crippen molar-refractivity contribution >= 4 is 62.5 Å². The fraction of sp³-hybridized carbons (Fsp3) is 0.235. The molecule has 0 fully saturated rings. The molecule has 3 heterocycles. The number of rotatable bonds is 3. The van der Waals surface area contributed by atoms with Crippen molar-refractivity contribution in [1.29, 1.82) is 0 Å². The molecule has 5 nitrogen and oxygen atoms in total. The minimum Gasteiger partial charge on any atom is -0.365 e. The molecule has 0 aliphatic carbocycles. The van der Waals surface area contributed by atoms with E-state index in [-0.39, 0.29) is 18.0 Å². The highest BCUT2D eigenvalue weighted by molar-refractivity contribution is 8.13. The lowest BCUT2D eigenvalue weighted by molar-refractivity contribution is 0.751. The van der Waals surface area contributed by atoms with Crippen molar-refractivity contribution in [2.24, 2.45) is 4.99 Å². The Bertz CT molecular complexity index is 998. The molecule has 1 aromatic carbocycles. The van der Waals surface area contributed by atoms with Gasteiger partial charge < -0.3 is 10.3 Å². The van der Waals surface area contributed by atoms with Crippen LogP contribution < -0.4 is 10.9 Å². The Morgan fingerprint density at radius 1 is 1.27 bits per heavy atom. The largest absolute Gasteiger partial charge is 0.365 e. The van der Waals surface area contributed by atoms with Gasteiger partial charge >= 0.3 is 0 Å². The Labute approximate surface area is 169 Å². The van der Waals surface area contributed by atoms with Gasteiger partial charge in [-0.05, 0) is 24.1 Å². The first-order chi connectivity index (χ1) is 12.2. The maximum atomic E-state index is 12.6. The number of nitrogens with zero attached hydrogens (tertiary/aromatic N) is 2. The SMILES string of the molecule is Cl.O=c1[nH]c(CSC2=NCCCN2)nc2scc(-c3ccc(Cl)cc3)c12. The van der Waals surface area contributed by atoms with E-state index in [1.165, 1.54) is 11.3 Å². The number of thioether (sulfide) groups is 1. The van der Waals surface area contributed by atoms with Crippen LogP contribution in [0, 0.1) is 0 Å². The first-order valence-corrected chi connectivity index (χ1v) is 10.1. The Morgan fingerprint density at radius 3 is 2.81 bits per heavy atom. The van der Waals surface area contributed by atoms with Gasteiger partial charge in [-0.2, -0.15) is 0 Å². The zero-order chi connectivity index (χ0) is 17.2. The molecule has 0 spiro atoms. The smallest absolute Gasteiger partial charge is 0.260 e. The highest BCUT2D eigenvalue weighted by atomic mass is 35.5. The molecule has 4 rings (SSSR count). The van der Waals surface area contributed by atoms with E-state index >= 15 is 0 Å². The van der Waals surface area contributed by atoms with E-state index in [1.807, 2.05) is 29.6 Å². The Balaban J connectivity index is 0.00000196. The van der Waals surface area contributed by atoms with Gasteiger partial charge in [0.25, 0.3) is 5.56 Å². The number of hydrogen-bond donors (Lipinski definition) is 2. The van der Waals surface area contributed by atoms with Gasteiger partial charge in [-0.15, -0.1) is 23.7 Å². The Morgan fingerprint density at radius 2 is 2.08 bits per heavy atom. The van der Waals surface area contributed by atoms with E-state index in [0.717, 1.165) is 40.6 Å². The van der Waals surface area contributed by atoms with Gasteiger partial charge in [-0.1, -0.05) is 35.5 Å². The zero-order valence-corrected chi connectivity index (χ0v) is 16.8. The van der Waals surface area contributed by atoms with Crippen LogP contribution in [0.4, 0.5) is 0 Å². The van der Waals surface area contributed by atoms with Crippen molar-refractivity contribution in [3.63, 3.8) is 0 Å². The van der Waals surface area contributed by atoms with E-state index in [2.05, 4.69) is 20.3 Å². The first kappa shape index (κ1) is 19.2. The number of amidine groups is 1. The van der Waals surface area contributed by atoms with Crippen molar-refractivity contribution in [1.82, 2.24) is 15.3 Å². The number of thiophene rings is 1. The second kappa shape index (κ2) is 8.43.